The van der Waals surface area contributed by atoms with Gasteiger partial charge >= 0.3 is 0 Å². The molecule has 0 aliphatic rings. The molecule has 1 amide bonds. The molecule has 0 unspecified atom stereocenters. The van der Waals surface area contributed by atoms with E-state index in [1.807, 2.05) is 24.3 Å². The van der Waals surface area contributed by atoms with E-state index in [0.717, 1.165) is 11.3 Å². The Kier molecular flexibility index (Phi) is 4.24. The standard InChI is InChI=1S/C17H19ClN2O/c1-17(2,3)13-6-4-5-7-15(13)20-16(21)12-10-11(19)8-9-14(12)18/h4-10H,19H2,1-3H3,(H,20,21). The molecule has 0 aromatic heterocycles. The van der Waals surface area contributed by atoms with Crippen LogP contribution in [-0.4, -0.2) is 5.91 Å². The summed E-state index contributed by atoms with van der Waals surface area (Å²) in [6, 6.07) is 12.6. The highest BCUT2D eigenvalue weighted by molar-refractivity contribution is 6.34. The van der Waals surface area contributed by atoms with Crippen molar-refractivity contribution in [2.24, 2.45) is 0 Å². The summed E-state index contributed by atoms with van der Waals surface area (Å²) in [7, 11) is 0. The highest BCUT2D eigenvalue weighted by Gasteiger charge is 2.19. The number of nitrogen functional groups attached to an aromatic ring is 1. The van der Waals surface area contributed by atoms with Gasteiger partial charge in [0, 0.05) is 11.4 Å². The molecule has 0 saturated heterocycles. The lowest BCUT2D eigenvalue weighted by Crippen LogP contribution is -2.19. The van der Waals surface area contributed by atoms with E-state index in [1.165, 1.54) is 0 Å². The molecule has 0 aliphatic carbocycles. The van der Waals surface area contributed by atoms with Gasteiger partial charge in [0.05, 0.1) is 10.6 Å². The molecule has 4 heteroatoms. The van der Waals surface area contributed by atoms with Crippen LogP contribution in [0.1, 0.15) is 36.7 Å². The van der Waals surface area contributed by atoms with Gasteiger partial charge in [0.15, 0.2) is 0 Å². The smallest absolute Gasteiger partial charge is 0.257 e. The minimum atomic E-state index is -0.260. The first-order valence-corrected chi connectivity index (χ1v) is 7.13. The Bertz CT molecular complexity index is 675. The van der Waals surface area contributed by atoms with E-state index in [0.29, 0.717) is 16.3 Å². The summed E-state index contributed by atoms with van der Waals surface area (Å²) in [6.07, 6.45) is 0. The fourth-order valence-corrected chi connectivity index (χ4v) is 2.36. The number of benzene rings is 2. The average Bonchev–Trinajstić information content (AvgIpc) is 2.41. The van der Waals surface area contributed by atoms with Crippen LogP contribution < -0.4 is 11.1 Å². The molecular formula is C17H19ClN2O. The molecule has 0 atom stereocenters. The summed E-state index contributed by atoms with van der Waals surface area (Å²) in [6.45, 7) is 6.31. The second-order valence-corrected chi connectivity index (χ2v) is 6.40. The molecule has 0 bridgehead atoms. The maximum atomic E-state index is 12.4. The molecule has 0 saturated carbocycles. The van der Waals surface area contributed by atoms with Gasteiger partial charge in [-0.05, 0) is 35.2 Å². The summed E-state index contributed by atoms with van der Waals surface area (Å²) < 4.78 is 0. The van der Waals surface area contributed by atoms with Gasteiger partial charge in [0.2, 0.25) is 0 Å². The number of para-hydroxylation sites is 1. The van der Waals surface area contributed by atoms with Gasteiger partial charge in [0.25, 0.3) is 5.91 Å². The number of carbonyl (C=O) groups excluding carboxylic acids is 1. The lowest BCUT2D eigenvalue weighted by atomic mass is 9.86. The average molecular weight is 303 g/mol. The minimum absolute atomic E-state index is 0.0661. The number of rotatable bonds is 2. The molecule has 110 valence electrons. The molecule has 2 aromatic rings. The van der Waals surface area contributed by atoms with Crippen molar-refractivity contribution in [3.8, 4) is 0 Å². The molecule has 0 spiro atoms. The molecule has 0 heterocycles. The molecule has 3 N–H and O–H groups in total. The first-order chi connectivity index (χ1) is 9.79. The first kappa shape index (κ1) is 15.4. The van der Waals surface area contributed by atoms with Crippen molar-refractivity contribution in [3.63, 3.8) is 0 Å². The lowest BCUT2D eigenvalue weighted by Gasteiger charge is -2.23. The molecule has 21 heavy (non-hydrogen) atoms. The maximum absolute atomic E-state index is 12.4. The zero-order valence-corrected chi connectivity index (χ0v) is 13.2. The monoisotopic (exact) mass is 302 g/mol. The van der Waals surface area contributed by atoms with Crippen LogP contribution in [0.25, 0.3) is 0 Å². The van der Waals surface area contributed by atoms with Crippen molar-refractivity contribution in [2.75, 3.05) is 11.1 Å². The minimum Gasteiger partial charge on any atom is -0.399 e. The van der Waals surface area contributed by atoms with E-state index < -0.39 is 0 Å². The number of nitrogens with one attached hydrogen (secondary N) is 1. The third-order valence-corrected chi connectivity index (χ3v) is 3.55. The number of hydrogen-bond acceptors (Lipinski definition) is 2. The van der Waals surface area contributed by atoms with Crippen LogP contribution in [0.2, 0.25) is 5.02 Å². The Morgan fingerprint density at radius 2 is 1.81 bits per heavy atom. The molecule has 3 nitrogen and oxygen atoms in total. The van der Waals surface area contributed by atoms with Crippen molar-refractivity contribution < 1.29 is 4.79 Å². The normalized spacial score (nSPS) is 11.2. The molecule has 2 aromatic carbocycles. The van der Waals surface area contributed by atoms with Crippen molar-refractivity contribution in [1.82, 2.24) is 0 Å². The molecular weight excluding hydrogens is 284 g/mol. The number of nitrogens with two attached hydrogens (primary N) is 1. The third-order valence-electron chi connectivity index (χ3n) is 3.22. The Balaban J connectivity index is 2.35. The van der Waals surface area contributed by atoms with Gasteiger partial charge in [-0.3, -0.25) is 4.79 Å². The lowest BCUT2D eigenvalue weighted by molar-refractivity contribution is 0.102. The van der Waals surface area contributed by atoms with Gasteiger partial charge in [-0.2, -0.15) is 0 Å². The van der Waals surface area contributed by atoms with E-state index in [4.69, 9.17) is 17.3 Å². The SMILES string of the molecule is CC(C)(C)c1ccccc1NC(=O)c1cc(N)ccc1Cl. The predicted octanol–water partition coefficient (Wildman–Crippen LogP) is 4.47. The Morgan fingerprint density at radius 1 is 1.14 bits per heavy atom. The van der Waals surface area contributed by atoms with Crippen LogP contribution in [-0.2, 0) is 5.41 Å². The maximum Gasteiger partial charge on any atom is 0.257 e. The number of halogens is 1. The van der Waals surface area contributed by atoms with E-state index in [-0.39, 0.29) is 11.3 Å². The van der Waals surface area contributed by atoms with Gasteiger partial charge in [-0.25, -0.2) is 0 Å². The Hall–Kier alpha value is -2.00. The quantitative estimate of drug-likeness (QED) is 0.804. The fourth-order valence-electron chi connectivity index (χ4n) is 2.15. The van der Waals surface area contributed by atoms with Crippen LogP contribution in [0.15, 0.2) is 42.5 Å². The van der Waals surface area contributed by atoms with E-state index in [2.05, 4.69) is 26.1 Å². The summed E-state index contributed by atoms with van der Waals surface area (Å²) >= 11 is 6.07. The topological polar surface area (TPSA) is 55.1 Å². The van der Waals surface area contributed by atoms with Crippen LogP contribution in [0.3, 0.4) is 0 Å². The summed E-state index contributed by atoms with van der Waals surface area (Å²) in [5, 5.41) is 3.31. The second-order valence-electron chi connectivity index (χ2n) is 5.99. The van der Waals surface area contributed by atoms with E-state index in [9.17, 15) is 4.79 Å². The molecule has 2 rings (SSSR count). The van der Waals surface area contributed by atoms with Crippen LogP contribution in [0.4, 0.5) is 11.4 Å². The number of carbonyl (C=O) groups is 1. The Labute approximate surface area is 130 Å². The highest BCUT2D eigenvalue weighted by Crippen LogP contribution is 2.30. The van der Waals surface area contributed by atoms with Gasteiger partial charge in [-0.15, -0.1) is 0 Å². The molecule has 0 aliphatic heterocycles. The fraction of sp³-hybridized carbons (Fsp3) is 0.235. The first-order valence-electron chi connectivity index (χ1n) is 6.75. The summed E-state index contributed by atoms with van der Waals surface area (Å²) in [5.41, 5.74) is 8.39. The zero-order valence-electron chi connectivity index (χ0n) is 12.4. The van der Waals surface area contributed by atoms with E-state index in [1.54, 1.807) is 18.2 Å². The Morgan fingerprint density at radius 3 is 2.48 bits per heavy atom. The van der Waals surface area contributed by atoms with Crippen molar-refractivity contribution in [2.45, 2.75) is 26.2 Å². The largest absolute Gasteiger partial charge is 0.399 e. The number of anilines is 2. The van der Waals surface area contributed by atoms with Crippen molar-refractivity contribution >= 4 is 28.9 Å². The number of hydrogen-bond donors (Lipinski definition) is 2. The van der Waals surface area contributed by atoms with Gasteiger partial charge in [-0.1, -0.05) is 50.6 Å². The number of amides is 1. The van der Waals surface area contributed by atoms with Crippen molar-refractivity contribution in [3.05, 3.63) is 58.6 Å². The molecule has 0 radical (unpaired) electrons. The van der Waals surface area contributed by atoms with Crippen LogP contribution in [0, 0.1) is 0 Å². The van der Waals surface area contributed by atoms with Gasteiger partial charge < -0.3 is 11.1 Å². The molecule has 0 fully saturated rings. The van der Waals surface area contributed by atoms with Crippen molar-refractivity contribution in [1.29, 1.82) is 0 Å². The highest BCUT2D eigenvalue weighted by atomic mass is 35.5. The van der Waals surface area contributed by atoms with Crippen LogP contribution >= 0.6 is 11.6 Å². The van der Waals surface area contributed by atoms with Gasteiger partial charge in [0.1, 0.15) is 0 Å². The van der Waals surface area contributed by atoms with Crippen LogP contribution in [0.5, 0.6) is 0 Å². The van der Waals surface area contributed by atoms with E-state index >= 15 is 0 Å². The summed E-state index contributed by atoms with van der Waals surface area (Å²) in [5.74, 6) is -0.260. The zero-order chi connectivity index (χ0) is 15.6. The summed E-state index contributed by atoms with van der Waals surface area (Å²) in [4.78, 5) is 12.4. The second kappa shape index (κ2) is 5.78. The third kappa shape index (κ3) is 3.56. The predicted molar refractivity (Wildman–Crippen MR) is 89.0 cm³/mol.